The molecule has 0 bridgehead atoms. The number of amidine groups is 1. The zero-order valence-electron chi connectivity index (χ0n) is 10.2. The molecule has 0 saturated carbocycles. The first-order chi connectivity index (χ1) is 9.18. The molecule has 0 aliphatic carbocycles. The number of rotatable bonds is 1. The van der Waals surface area contributed by atoms with Gasteiger partial charge in [0, 0.05) is 0 Å². The van der Waals surface area contributed by atoms with Gasteiger partial charge in [0.05, 0.1) is 17.2 Å². The maximum atomic E-state index is 8.25. The Morgan fingerprint density at radius 2 is 1.79 bits per heavy atom. The largest absolute Gasteiger partial charge is 0.356 e. The minimum Gasteiger partial charge on any atom is -0.356 e. The highest BCUT2D eigenvalue weighted by Gasteiger charge is 2.14. The summed E-state index contributed by atoms with van der Waals surface area (Å²) in [6, 6.07) is 14.9. The molecule has 6 heteroatoms. The predicted octanol–water partition coefficient (Wildman–Crippen LogP) is 0.924. The summed E-state index contributed by atoms with van der Waals surface area (Å²) in [5.41, 5.74) is 1.27. The fourth-order valence-electron chi connectivity index (χ4n) is 2.09. The average Bonchev–Trinajstić information content (AvgIpc) is 2.91. The van der Waals surface area contributed by atoms with Crippen LogP contribution in [0.15, 0.2) is 47.5 Å². The summed E-state index contributed by atoms with van der Waals surface area (Å²) in [5.74, 6) is 1.16. The Balaban J connectivity index is 0.000000297. The molecule has 2 aromatic carbocycles. The van der Waals surface area contributed by atoms with E-state index < -0.39 is 5.09 Å². The van der Waals surface area contributed by atoms with Crippen LogP contribution in [0, 0.1) is 15.3 Å². The van der Waals surface area contributed by atoms with Gasteiger partial charge in [0.1, 0.15) is 6.54 Å². The van der Waals surface area contributed by atoms with E-state index in [1.807, 2.05) is 0 Å². The van der Waals surface area contributed by atoms with Crippen molar-refractivity contribution in [1.29, 1.82) is 0 Å². The number of nitrogens with zero attached hydrogens (tertiary/aromatic N) is 2. The van der Waals surface area contributed by atoms with Crippen molar-refractivity contribution >= 4 is 16.6 Å². The number of fused-ring (bicyclic) bond motifs is 1. The minimum atomic E-state index is -1.75. The van der Waals surface area contributed by atoms with Crippen molar-refractivity contribution in [2.75, 3.05) is 13.1 Å². The number of benzene rings is 2. The van der Waals surface area contributed by atoms with Crippen molar-refractivity contribution in [2.24, 2.45) is 4.99 Å². The summed E-state index contributed by atoms with van der Waals surface area (Å²) in [7, 11) is 0. The van der Waals surface area contributed by atoms with E-state index in [0.717, 1.165) is 18.9 Å². The van der Waals surface area contributed by atoms with Crippen molar-refractivity contribution < 1.29 is 10.4 Å². The summed E-state index contributed by atoms with van der Waals surface area (Å²) < 4.78 is 0. The molecular weight excluding hydrogens is 246 g/mol. The van der Waals surface area contributed by atoms with Crippen molar-refractivity contribution in [3.63, 3.8) is 0 Å². The van der Waals surface area contributed by atoms with Crippen molar-refractivity contribution in [2.45, 2.75) is 0 Å². The molecule has 6 nitrogen and oxygen atoms in total. The Bertz CT molecular complexity index is 616. The Kier molecular flexibility index (Phi) is 4.04. The van der Waals surface area contributed by atoms with Gasteiger partial charge in [-0.3, -0.25) is 5.32 Å². The molecule has 1 heterocycles. The molecule has 2 aromatic rings. The lowest BCUT2D eigenvalue weighted by molar-refractivity contribution is -0.526. The molecule has 0 spiro atoms. The molecule has 3 rings (SSSR count). The van der Waals surface area contributed by atoms with Gasteiger partial charge < -0.3 is 15.3 Å². The highest BCUT2D eigenvalue weighted by Crippen LogP contribution is 2.18. The standard InChI is InChI=1S/C13H12N2.NO3/c1-2-6-11-10(4-1)5-3-7-12(11)13-14-8-9-15-13;2-1(3)4/h1-7H,8-9H2,(H,14,15);/q;-1/p+1. The van der Waals surface area contributed by atoms with Crippen LogP contribution in [0.1, 0.15) is 5.56 Å². The van der Waals surface area contributed by atoms with E-state index in [4.69, 9.17) is 15.3 Å². The third-order valence-electron chi connectivity index (χ3n) is 2.81. The second kappa shape index (κ2) is 5.92. The first-order valence-corrected chi connectivity index (χ1v) is 5.86. The van der Waals surface area contributed by atoms with Crippen LogP contribution in [0.5, 0.6) is 0 Å². The van der Waals surface area contributed by atoms with Gasteiger partial charge in [-0.1, -0.05) is 36.4 Å². The van der Waals surface area contributed by atoms with Gasteiger partial charge in [0.15, 0.2) is 0 Å². The van der Waals surface area contributed by atoms with Crippen LogP contribution in [0.4, 0.5) is 0 Å². The quantitative estimate of drug-likeness (QED) is 0.609. The smallest absolute Gasteiger partial charge is 0.227 e. The molecule has 0 radical (unpaired) electrons. The lowest BCUT2D eigenvalue weighted by Crippen LogP contribution is -2.86. The number of hydrogen-bond donors (Lipinski definition) is 1. The summed E-state index contributed by atoms with van der Waals surface area (Å²) in [5, 5.41) is 19.6. The molecule has 1 aliphatic heterocycles. The fraction of sp³-hybridized carbons (Fsp3) is 0.154. The van der Waals surface area contributed by atoms with E-state index in [2.05, 4.69) is 52.8 Å². The fourth-order valence-corrected chi connectivity index (χ4v) is 2.09. The first-order valence-electron chi connectivity index (χ1n) is 5.86. The van der Waals surface area contributed by atoms with Gasteiger partial charge in [0.25, 0.3) is 0 Å². The SMILES string of the molecule is O=[N+]([O-])[O-].c1ccc2c(C3=NCC[NH2+]3)cccc2c1. The van der Waals surface area contributed by atoms with E-state index in [1.54, 1.807) is 0 Å². The Morgan fingerprint density at radius 3 is 2.47 bits per heavy atom. The van der Waals surface area contributed by atoms with E-state index in [0.29, 0.717) is 0 Å². The Morgan fingerprint density at radius 1 is 1.11 bits per heavy atom. The van der Waals surface area contributed by atoms with Crippen molar-refractivity contribution in [1.82, 2.24) is 0 Å². The highest BCUT2D eigenvalue weighted by atomic mass is 16.9. The summed E-state index contributed by atoms with van der Waals surface area (Å²) >= 11 is 0. The van der Waals surface area contributed by atoms with E-state index >= 15 is 0 Å². The molecule has 0 fully saturated rings. The molecule has 19 heavy (non-hydrogen) atoms. The van der Waals surface area contributed by atoms with Crippen molar-refractivity contribution in [3.05, 3.63) is 63.3 Å². The van der Waals surface area contributed by atoms with Gasteiger partial charge in [0.2, 0.25) is 5.84 Å². The van der Waals surface area contributed by atoms with E-state index in [9.17, 15) is 0 Å². The molecule has 1 aliphatic rings. The summed E-state index contributed by atoms with van der Waals surface area (Å²) in [6.07, 6.45) is 0. The maximum Gasteiger partial charge on any atom is 0.227 e. The maximum absolute atomic E-state index is 8.25. The number of aliphatic imine (C=N–C) groups is 1. The minimum absolute atomic E-state index is 0.943. The third kappa shape index (κ3) is 3.26. The topological polar surface area (TPSA) is 95.2 Å². The highest BCUT2D eigenvalue weighted by molar-refractivity contribution is 6.05. The van der Waals surface area contributed by atoms with Gasteiger partial charge >= 0.3 is 0 Å². The lowest BCUT2D eigenvalue weighted by atomic mass is 10.0. The first kappa shape index (κ1) is 13.0. The van der Waals surface area contributed by atoms with Crippen LogP contribution in [0.2, 0.25) is 0 Å². The molecular formula is C13H13N3O3. The van der Waals surface area contributed by atoms with Gasteiger partial charge in [-0.2, -0.15) is 0 Å². The van der Waals surface area contributed by atoms with Crippen LogP contribution < -0.4 is 5.32 Å². The van der Waals surface area contributed by atoms with E-state index in [-0.39, 0.29) is 0 Å². The summed E-state index contributed by atoms with van der Waals surface area (Å²) in [4.78, 5) is 12.8. The zero-order valence-corrected chi connectivity index (χ0v) is 10.2. The van der Waals surface area contributed by atoms with Gasteiger partial charge in [-0.15, -0.1) is 0 Å². The van der Waals surface area contributed by atoms with Crippen molar-refractivity contribution in [3.8, 4) is 0 Å². The Labute approximate surface area is 109 Å². The van der Waals surface area contributed by atoms with Crippen LogP contribution >= 0.6 is 0 Å². The number of nitrogens with two attached hydrogens (primary N) is 1. The zero-order chi connectivity index (χ0) is 13.7. The van der Waals surface area contributed by atoms with Gasteiger partial charge in [-0.05, 0) is 16.8 Å². The van der Waals surface area contributed by atoms with Crippen LogP contribution in [0.3, 0.4) is 0 Å². The van der Waals surface area contributed by atoms with E-state index in [1.165, 1.54) is 16.3 Å². The van der Waals surface area contributed by atoms with Crippen LogP contribution in [-0.4, -0.2) is 24.0 Å². The molecule has 0 amide bonds. The molecule has 0 saturated heterocycles. The number of quaternary nitrogens is 1. The third-order valence-corrected chi connectivity index (χ3v) is 2.81. The monoisotopic (exact) mass is 259 g/mol. The second-order valence-corrected chi connectivity index (χ2v) is 4.01. The molecule has 98 valence electrons. The van der Waals surface area contributed by atoms with Crippen LogP contribution in [-0.2, 0) is 0 Å². The normalized spacial score (nSPS) is 13.6. The molecule has 0 unspecified atom stereocenters. The Hall–Kier alpha value is -2.47. The lowest BCUT2D eigenvalue weighted by Gasteiger charge is -2.03. The number of hydrogen-bond acceptors (Lipinski definition) is 4. The molecule has 2 N–H and O–H groups in total. The van der Waals surface area contributed by atoms with Gasteiger partial charge in [-0.25, -0.2) is 4.99 Å². The summed E-state index contributed by atoms with van der Waals surface area (Å²) in [6.45, 7) is 2.02. The van der Waals surface area contributed by atoms with Crippen LogP contribution in [0.25, 0.3) is 10.8 Å². The average molecular weight is 259 g/mol. The second-order valence-electron chi connectivity index (χ2n) is 4.01. The predicted molar refractivity (Wildman–Crippen MR) is 72.5 cm³/mol. The molecule has 0 atom stereocenters. The molecule has 0 aromatic heterocycles.